The Morgan fingerprint density at radius 2 is 1.82 bits per heavy atom. The standard InChI is InChI=1S/C20H30N6O.HI/c1-7-21-20(23-13-18-14(2)24-26(6)15(18)3)22-12-16-8-10-17(11-9-16)19(27)25(4)5;/h8-11H,7,12-13H2,1-6H3,(H2,21,22,23);1H. The Kier molecular flexibility index (Phi) is 9.44. The average Bonchev–Trinajstić information content (AvgIpc) is 2.89. The van der Waals surface area contributed by atoms with Gasteiger partial charge in [-0.1, -0.05) is 12.1 Å². The molecule has 1 aromatic heterocycles. The molecule has 1 amide bonds. The van der Waals surface area contributed by atoms with Crippen LogP contribution in [0.2, 0.25) is 0 Å². The molecule has 0 aliphatic heterocycles. The summed E-state index contributed by atoms with van der Waals surface area (Å²) in [5.74, 6) is 0.760. The van der Waals surface area contributed by atoms with Gasteiger partial charge in [0.25, 0.3) is 5.91 Å². The number of carbonyl (C=O) groups is 1. The van der Waals surface area contributed by atoms with E-state index in [9.17, 15) is 4.79 Å². The number of rotatable bonds is 6. The number of hydrogen-bond acceptors (Lipinski definition) is 3. The molecular formula is C20H31IN6O. The summed E-state index contributed by atoms with van der Waals surface area (Å²) < 4.78 is 1.90. The average molecular weight is 498 g/mol. The summed E-state index contributed by atoms with van der Waals surface area (Å²) in [5, 5.41) is 11.1. The molecule has 0 spiro atoms. The van der Waals surface area contributed by atoms with E-state index in [1.807, 2.05) is 49.8 Å². The predicted molar refractivity (Wildman–Crippen MR) is 124 cm³/mol. The molecule has 1 heterocycles. The largest absolute Gasteiger partial charge is 0.357 e. The Morgan fingerprint density at radius 3 is 2.32 bits per heavy atom. The van der Waals surface area contributed by atoms with Crippen molar-refractivity contribution in [3.05, 3.63) is 52.3 Å². The molecule has 0 saturated heterocycles. The highest BCUT2D eigenvalue weighted by molar-refractivity contribution is 14.0. The van der Waals surface area contributed by atoms with Crippen LogP contribution in [0.3, 0.4) is 0 Å². The monoisotopic (exact) mass is 498 g/mol. The van der Waals surface area contributed by atoms with Gasteiger partial charge in [-0.05, 0) is 38.5 Å². The third kappa shape index (κ3) is 6.22. The molecule has 2 aromatic rings. The van der Waals surface area contributed by atoms with Gasteiger partial charge in [0.1, 0.15) is 0 Å². The number of hydrogen-bond donors (Lipinski definition) is 2. The zero-order valence-corrected chi connectivity index (χ0v) is 19.9. The highest BCUT2D eigenvalue weighted by atomic mass is 127. The van der Waals surface area contributed by atoms with E-state index in [4.69, 9.17) is 0 Å². The van der Waals surface area contributed by atoms with Crippen LogP contribution in [0, 0.1) is 13.8 Å². The van der Waals surface area contributed by atoms with Gasteiger partial charge >= 0.3 is 0 Å². The Labute approximate surface area is 184 Å². The van der Waals surface area contributed by atoms with Gasteiger partial charge < -0.3 is 15.5 Å². The Morgan fingerprint density at radius 1 is 1.18 bits per heavy atom. The van der Waals surface area contributed by atoms with Crippen molar-refractivity contribution >= 4 is 35.8 Å². The number of halogens is 1. The van der Waals surface area contributed by atoms with Crippen molar-refractivity contribution in [1.29, 1.82) is 0 Å². The first kappa shape index (κ1) is 23.9. The molecule has 8 heteroatoms. The van der Waals surface area contributed by atoms with Gasteiger partial charge in [-0.2, -0.15) is 5.10 Å². The fraction of sp³-hybridized carbons (Fsp3) is 0.450. The maximum absolute atomic E-state index is 12.0. The lowest BCUT2D eigenvalue weighted by Gasteiger charge is -2.12. The van der Waals surface area contributed by atoms with Gasteiger partial charge in [0, 0.05) is 51.1 Å². The molecular weight excluding hydrogens is 467 g/mol. The number of nitrogens with zero attached hydrogens (tertiary/aromatic N) is 4. The Balaban J connectivity index is 0.00000392. The number of amides is 1. The Hall–Kier alpha value is -2.10. The van der Waals surface area contributed by atoms with E-state index in [0.717, 1.165) is 29.5 Å². The van der Waals surface area contributed by atoms with E-state index >= 15 is 0 Å². The van der Waals surface area contributed by atoms with E-state index in [1.54, 1.807) is 19.0 Å². The number of guanidine groups is 1. The summed E-state index contributed by atoms with van der Waals surface area (Å²) in [6, 6.07) is 7.57. The van der Waals surface area contributed by atoms with Crippen LogP contribution in [0.5, 0.6) is 0 Å². The summed E-state index contributed by atoms with van der Waals surface area (Å²) in [6.07, 6.45) is 0. The quantitative estimate of drug-likeness (QED) is 0.365. The summed E-state index contributed by atoms with van der Waals surface area (Å²) in [4.78, 5) is 18.2. The first-order valence-electron chi connectivity index (χ1n) is 9.15. The van der Waals surface area contributed by atoms with E-state index in [1.165, 1.54) is 5.56 Å². The molecule has 7 nitrogen and oxygen atoms in total. The molecule has 0 unspecified atom stereocenters. The molecule has 0 aliphatic rings. The van der Waals surface area contributed by atoms with Crippen LogP contribution in [0.15, 0.2) is 29.3 Å². The van der Waals surface area contributed by atoms with Crippen molar-refractivity contribution in [1.82, 2.24) is 25.3 Å². The number of nitrogens with one attached hydrogen (secondary N) is 2. The number of aromatic nitrogens is 2. The fourth-order valence-corrected chi connectivity index (χ4v) is 2.77. The van der Waals surface area contributed by atoms with Gasteiger partial charge in [0.15, 0.2) is 5.96 Å². The minimum atomic E-state index is 0. The normalized spacial score (nSPS) is 11.0. The number of aryl methyl sites for hydroxylation is 2. The topological polar surface area (TPSA) is 74.6 Å². The Bertz CT molecular complexity index is 811. The molecule has 0 fully saturated rings. The van der Waals surface area contributed by atoms with Crippen molar-refractivity contribution in [2.45, 2.75) is 33.9 Å². The van der Waals surface area contributed by atoms with Gasteiger partial charge in [-0.15, -0.1) is 24.0 Å². The van der Waals surface area contributed by atoms with Crippen molar-refractivity contribution < 1.29 is 4.79 Å². The molecule has 0 bridgehead atoms. The van der Waals surface area contributed by atoms with Crippen LogP contribution in [-0.2, 0) is 20.1 Å². The molecule has 0 atom stereocenters. The second kappa shape index (κ2) is 11.0. The third-order valence-corrected chi connectivity index (χ3v) is 4.46. The fourth-order valence-electron chi connectivity index (χ4n) is 2.77. The third-order valence-electron chi connectivity index (χ3n) is 4.46. The molecule has 0 radical (unpaired) electrons. The zero-order chi connectivity index (χ0) is 20.0. The SMILES string of the molecule is CCNC(=NCc1ccc(C(=O)N(C)C)cc1)NCc1c(C)nn(C)c1C.I. The number of carbonyl (C=O) groups excluding carboxylic acids is 1. The van der Waals surface area contributed by atoms with Crippen molar-refractivity contribution in [3.8, 4) is 0 Å². The van der Waals surface area contributed by atoms with E-state index in [0.29, 0.717) is 18.7 Å². The van der Waals surface area contributed by atoms with Gasteiger partial charge in [0.2, 0.25) is 0 Å². The maximum atomic E-state index is 12.0. The smallest absolute Gasteiger partial charge is 0.253 e. The van der Waals surface area contributed by atoms with Crippen LogP contribution >= 0.6 is 24.0 Å². The van der Waals surface area contributed by atoms with Crippen LogP contribution in [0.25, 0.3) is 0 Å². The zero-order valence-electron chi connectivity index (χ0n) is 17.5. The summed E-state index contributed by atoms with van der Waals surface area (Å²) >= 11 is 0. The summed E-state index contributed by atoms with van der Waals surface area (Å²) in [5.41, 5.74) is 5.10. The highest BCUT2D eigenvalue weighted by Gasteiger charge is 2.10. The number of benzene rings is 1. The van der Waals surface area contributed by atoms with Crippen LogP contribution < -0.4 is 10.6 Å². The second-order valence-corrected chi connectivity index (χ2v) is 6.72. The lowest BCUT2D eigenvalue weighted by Crippen LogP contribution is -2.37. The molecule has 0 aliphatic carbocycles. The van der Waals surface area contributed by atoms with E-state index < -0.39 is 0 Å². The van der Waals surface area contributed by atoms with E-state index in [2.05, 4.69) is 27.6 Å². The molecule has 1 aromatic carbocycles. The van der Waals surface area contributed by atoms with E-state index in [-0.39, 0.29) is 29.9 Å². The second-order valence-electron chi connectivity index (χ2n) is 6.72. The molecule has 2 N–H and O–H groups in total. The highest BCUT2D eigenvalue weighted by Crippen LogP contribution is 2.11. The summed E-state index contributed by atoms with van der Waals surface area (Å²) in [6.45, 7) is 8.12. The van der Waals surface area contributed by atoms with Gasteiger partial charge in [-0.25, -0.2) is 4.99 Å². The predicted octanol–water partition coefficient (Wildman–Crippen LogP) is 2.61. The lowest BCUT2D eigenvalue weighted by atomic mass is 10.1. The van der Waals surface area contributed by atoms with Crippen molar-refractivity contribution in [2.24, 2.45) is 12.0 Å². The molecule has 154 valence electrons. The van der Waals surface area contributed by atoms with Crippen LogP contribution in [0.1, 0.15) is 39.8 Å². The van der Waals surface area contributed by atoms with Crippen molar-refractivity contribution in [2.75, 3.05) is 20.6 Å². The molecule has 2 rings (SSSR count). The first-order valence-corrected chi connectivity index (χ1v) is 9.15. The lowest BCUT2D eigenvalue weighted by molar-refractivity contribution is 0.0827. The van der Waals surface area contributed by atoms with Gasteiger partial charge in [0.05, 0.1) is 12.2 Å². The van der Waals surface area contributed by atoms with Crippen LogP contribution in [-0.4, -0.2) is 47.2 Å². The first-order chi connectivity index (χ1) is 12.8. The maximum Gasteiger partial charge on any atom is 0.253 e. The molecule has 28 heavy (non-hydrogen) atoms. The van der Waals surface area contributed by atoms with Crippen molar-refractivity contribution in [3.63, 3.8) is 0 Å². The van der Waals surface area contributed by atoms with Gasteiger partial charge in [-0.3, -0.25) is 9.48 Å². The minimum Gasteiger partial charge on any atom is -0.357 e. The minimum absolute atomic E-state index is 0. The number of aliphatic imine (C=N–C) groups is 1. The summed E-state index contributed by atoms with van der Waals surface area (Å²) in [7, 11) is 5.46. The molecule has 0 saturated carbocycles. The van der Waals surface area contributed by atoms with Crippen LogP contribution in [0.4, 0.5) is 0 Å².